The summed E-state index contributed by atoms with van der Waals surface area (Å²) in [4.78, 5) is 18.6. The number of ether oxygens (including phenoxy) is 1. The molecule has 2 heterocycles. The third-order valence-corrected chi connectivity index (χ3v) is 3.77. The van der Waals surface area contributed by atoms with Crippen LogP contribution in [0.25, 0.3) is 0 Å². The lowest BCUT2D eigenvalue weighted by Crippen LogP contribution is -2.40. The van der Waals surface area contributed by atoms with Crippen LogP contribution >= 0.6 is 11.6 Å². The van der Waals surface area contributed by atoms with Crippen molar-refractivity contribution in [3.8, 4) is 0 Å². The van der Waals surface area contributed by atoms with Crippen LogP contribution < -0.4 is 0 Å². The SMILES string of the molecule is Cn1c(Cl)cnc1CN1CCC[C@H]1C(=O)OC(C)(C)C. The maximum atomic E-state index is 12.2. The van der Waals surface area contributed by atoms with Crippen molar-refractivity contribution in [3.63, 3.8) is 0 Å². The Morgan fingerprint density at radius 2 is 2.25 bits per heavy atom. The van der Waals surface area contributed by atoms with Crippen molar-refractivity contribution < 1.29 is 9.53 Å². The number of hydrogen-bond acceptors (Lipinski definition) is 4. The zero-order chi connectivity index (χ0) is 14.9. The van der Waals surface area contributed by atoms with E-state index in [1.165, 1.54) is 0 Å². The summed E-state index contributed by atoms with van der Waals surface area (Å²) in [6.45, 7) is 7.18. The number of carbonyl (C=O) groups excluding carboxylic acids is 1. The van der Waals surface area contributed by atoms with E-state index < -0.39 is 5.60 Å². The molecule has 0 spiro atoms. The van der Waals surface area contributed by atoms with Crippen molar-refractivity contribution in [2.75, 3.05) is 6.54 Å². The van der Waals surface area contributed by atoms with Gasteiger partial charge in [0, 0.05) is 7.05 Å². The van der Waals surface area contributed by atoms with Gasteiger partial charge < -0.3 is 9.30 Å². The monoisotopic (exact) mass is 299 g/mol. The van der Waals surface area contributed by atoms with E-state index in [0.717, 1.165) is 25.2 Å². The summed E-state index contributed by atoms with van der Waals surface area (Å²) < 4.78 is 7.33. The van der Waals surface area contributed by atoms with Crippen LogP contribution in [0.4, 0.5) is 0 Å². The average molecular weight is 300 g/mol. The number of carbonyl (C=O) groups is 1. The van der Waals surface area contributed by atoms with E-state index in [9.17, 15) is 4.79 Å². The van der Waals surface area contributed by atoms with Crippen molar-refractivity contribution in [1.82, 2.24) is 14.5 Å². The van der Waals surface area contributed by atoms with E-state index >= 15 is 0 Å². The summed E-state index contributed by atoms with van der Waals surface area (Å²) in [5.41, 5.74) is -0.447. The number of imidazole rings is 1. The highest BCUT2D eigenvalue weighted by atomic mass is 35.5. The fraction of sp³-hybridized carbons (Fsp3) is 0.714. The van der Waals surface area contributed by atoms with Crippen molar-refractivity contribution in [3.05, 3.63) is 17.2 Å². The topological polar surface area (TPSA) is 47.4 Å². The molecule has 1 aromatic heterocycles. The van der Waals surface area contributed by atoms with Gasteiger partial charge in [-0.15, -0.1) is 0 Å². The molecular formula is C14H22ClN3O2. The Labute approximate surface area is 124 Å². The van der Waals surface area contributed by atoms with Gasteiger partial charge in [-0.1, -0.05) is 11.6 Å². The molecule has 0 unspecified atom stereocenters. The van der Waals surface area contributed by atoms with Crippen LogP contribution in [-0.4, -0.2) is 38.6 Å². The molecule has 5 nitrogen and oxygen atoms in total. The molecule has 20 heavy (non-hydrogen) atoms. The molecule has 0 aromatic carbocycles. The van der Waals surface area contributed by atoms with Crippen LogP contribution in [0, 0.1) is 0 Å². The number of esters is 1. The summed E-state index contributed by atoms with van der Waals surface area (Å²) in [6.07, 6.45) is 3.48. The molecule has 0 radical (unpaired) electrons. The van der Waals surface area contributed by atoms with Crippen LogP contribution in [0.3, 0.4) is 0 Å². The Hall–Kier alpha value is -1.07. The predicted octanol–water partition coefficient (Wildman–Crippen LogP) is 2.38. The number of likely N-dealkylation sites (tertiary alicyclic amines) is 1. The molecule has 0 amide bonds. The molecule has 1 saturated heterocycles. The van der Waals surface area contributed by atoms with Gasteiger partial charge in [-0.05, 0) is 40.2 Å². The van der Waals surface area contributed by atoms with E-state index in [4.69, 9.17) is 16.3 Å². The lowest BCUT2D eigenvalue weighted by molar-refractivity contribution is -0.160. The van der Waals surface area contributed by atoms with Gasteiger partial charge in [0.2, 0.25) is 0 Å². The maximum absolute atomic E-state index is 12.2. The first-order valence-corrected chi connectivity index (χ1v) is 7.29. The van der Waals surface area contributed by atoms with Gasteiger partial charge in [-0.3, -0.25) is 9.69 Å². The van der Waals surface area contributed by atoms with Crippen LogP contribution in [0.2, 0.25) is 5.15 Å². The van der Waals surface area contributed by atoms with Gasteiger partial charge in [-0.25, -0.2) is 4.98 Å². The molecule has 1 aromatic rings. The van der Waals surface area contributed by atoms with Crippen molar-refractivity contribution in [2.45, 2.75) is 51.8 Å². The summed E-state index contributed by atoms with van der Waals surface area (Å²) >= 11 is 5.99. The minimum absolute atomic E-state index is 0.143. The van der Waals surface area contributed by atoms with Gasteiger partial charge in [0.15, 0.2) is 0 Å². The lowest BCUT2D eigenvalue weighted by Gasteiger charge is -2.27. The van der Waals surface area contributed by atoms with Crippen molar-refractivity contribution >= 4 is 17.6 Å². The molecule has 2 rings (SSSR count). The summed E-state index contributed by atoms with van der Waals surface area (Å²) in [5.74, 6) is 0.723. The van der Waals surface area contributed by atoms with Crippen molar-refractivity contribution in [1.29, 1.82) is 0 Å². The van der Waals surface area contributed by atoms with Crippen LogP contribution in [0.15, 0.2) is 6.20 Å². The second kappa shape index (κ2) is 5.74. The van der Waals surface area contributed by atoms with Gasteiger partial charge >= 0.3 is 5.97 Å². The van der Waals surface area contributed by atoms with Crippen LogP contribution in [0.5, 0.6) is 0 Å². The number of nitrogens with zero attached hydrogens (tertiary/aromatic N) is 3. The number of aromatic nitrogens is 2. The summed E-state index contributed by atoms with van der Waals surface area (Å²) in [5, 5.41) is 0.605. The maximum Gasteiger partial charge on any atom is 0.323 e. The highest BCUT2D eigenvalue weighted by Gasteiger charge is 2.34. The molecule has 1 atom stereocenters. The molecule has 0 saturated carbocycles. The largest absolute Gasteiger partial charge is 0.459 e. The molecule has 1 fully saturated rings. The second-order valence-corrected chi connectivity index (χ2v) is 6.61. The smallest absolute Gasteiger partial charge is 0.323 e. The zero-order valence-corrected chi connectivity index (χ0v) is 13.3. The van der Waals surface area contributed by atoms with Gasteiger partial charge in [-0.2, -0.15) is 0 Å². The van der Waals surface area contributed by atoms with Gasteiger partial charge in [0.25, 0.3) is 0 Å². The van der Waals surface area contributed by atoms with Gasteiger partial charge in [0.05, 0.1) is 12.7 Å². The summed E-state index contributed by atoms with van der Waals surface area (Å²) in [7, 11) is 1.88. The molecule has 6 heteroatoms. The molecule has 1 aliphatic rings. The van der Waals surface area contributed by atoms with E-state index in [1.54, 1.807) is 6.20 Å². The fourth-order valence-electron chi connectivity index (χ4n) is 2.40. The Kier molecular flexibility index (Phi) is 4.39. The van der Waals surface area contributed by atoms with E-state index in [2.05, 4.69) is 9.88 Å². The Morgan fingerprint density at radius 1 is 1.55 bits per heavy atom. The zero-order valence-electron chi connectivity index (χ0n) is 12.5. The number of hydrogen-bond donors (Lipinski definition) is 0. The Balaban J connectivity index is 2.04. The minimum Gasteiger partial charge on any atom is -0.459 e. The quantitative estimate of drug-likeness (QED) is 0.804. The Morgan fingerprint density at radius 3 is 2.80 bits per heavy atom. The third-order valence-electron chi connectivity index (χ3n) is 3.41. The molecule has 1 aliphatic heterocycles. The summed E-state index contributed by atoms with van der Waals surface area (Å²) in [6, 6.07) is -0.176. The van der Waals surface area contributed by atoms with E-state index in [-0.39, 0.29) is 12.0 Å². The highest BCUT2D eigenvalue weighted by Crippen LogP contribution is 2.23. The second-order valence-electron chi connectivity index (χ2n) is 6.22. The molecule has 0 N–H and O–H groups in total. The number of halogens is 1. The molecule has 112 valence electrons. The van der Waals surface area contributed by atoms with Gasteiger partial charge in [0.1, 0.15) is 22.6 Å². The standard InChI is InChI=1S/C14H22ClN3O2/c1-14(2,3)20-13(19)10-6-5-7-18(10)9-12-16-8-11(15)17(12)4/h8,10H,5-7,9H2,1-4H3/t10-/m0/s1. The Bertz CT molecular complexity index is 493. The number of rotatable bonds is 3. The van der Waals surface area contributed by atoms with Crippen LogP contribution in [-0.2, 0) is 23.1 Å². The minimum atomic E-state index is -0.447. The first kappa shape index (κ1) is 15.3. The van der Waals surface area contributed by atoms with Crippen LogP contribution in [0.1, 0.15) is 39.4 Å². The van der Waals surface area contributed by atoms with E-state index in [0.29, 0.717) is 11.7 Å². The predicted molar refractivity (Wildman–Crippen MR) is 77.5 cm³/mol. The first-order chi connectivity index (χ1) is 9.28. The normalized spacial score (nSPS) is 20.4. The first-order valence-electron chi connectivity index (χ1n) is 6.91. The lowest BCUT2D eigenvalue weighted by atomic mass is 10.1. The van der Waals surface area contributed by atoms with Crippen molar-refractivity contribution in [2.24, 2.45) is 7.05 Å². The fourth-order valence-corrected chi connectivity index (χ4v) is 2.55. The van der Waals surface area contributed by atoms with E-state index in [1.807, 2.05) is 32.4 Å². The molecule has 0 bridgehead atoms. The average Bonchev–Trinajstić information content (AvgIpc) is 2.89. The molecular weight excluding hydrogens is 278 g/mol. The molecule has 0 aliphatic carbocycles. The third kappa shape index (κ3) is 3.52. The highest BCUT2D eigenvalue weighted by molar-refractivity contribution is 6.29.